The lowest BCUT2D eigenvalue weighted by Gasteiger charge is -2.10. The fraction of sp³-hybridized carbons (Fsp3) is 0.192. The number of phenols is 1. The Balaban J connectivity index is 0.000000298. The average molecular weight is 965 g/mol. The number of ether oxygens (including phenoxy) is 1. The third-order valence-electron chi connectivity index (χ3n) is 8.71. The summed E-state index contributed by atoms with van der Waals surface area (Å²) < 4.78 is 57.8. The quantitative estimate of drug-likeness (QED) is 0.0788. The fourth-order valence-electron chi connectivity index (χ4n) is 5.43. The molecule has 0 spiro atoms. The first-order chi connectivity index (χ1) is 33.1. The summed E-state index contributed by atoms with van der Waals surface area (Å²) in [6.45, 7) is 11.8. The highest BCUT2D eigenvalue weighted by atomic mass is 19.1. The number of halogens is 4. The molecule has 368 valence electrons. The number of phenolic OH excluding ortho intramolecular Hbond substituents is 1. The topological polar surface area (TPSA) is 221 Å². The average Bonchev–Trinajstić information content (AvgIpc) is 3.30. The first-order valence-corrected chi connectivity index (χ1v) is 21.0. The number of benzene rings is 2. The van der Waals surface area contributed by atoms with Crippen LogP contribution in [0.25, 0.3) is 6.08 Å². The molecule has 0 aliphatic carbocycles. The minimum atomic E-state index is -1.33. The van der Waals surface area contributed by atoms with E-state index in [9.17, 15) is 31.9 Å². The molecule has 14 nitrogen and oxygen atoms in total. The summed E-state index contributed by atoms with van der Waals surface area (Å²) in [6.07, 6.45) is 13.5. The van der Waals surface area contributed by atoms with E-state index in [-0.39, 0.29) is 19.0 Å². The normalized spacial score (nSPS) is 9.90. The summed E-state index contributed by atoms with van der Waals surface area (Å²) in [5.41, 5.74) is 17.5. The third-order valence-corrected chi connectivity index (χ3v) is 8.71. The standard InChI is InChI=1S/C14H12F2N2O2.C10H14N2.C7H5F2NO2.C7H9NO.C7H7NO.C7H9N/c1-8-6-9(4-5-18-8)7-20-11-3-2-10(15)12(13(11)16)14(17)19;1-9-8-10(4-6-11-9)5-7-12(2)3;8-3-1-2-4(11)6(9)5(3)7(10)12;2*1-6-4-7(5-9)2-3-8-6;1-6-3-4-8-7(2)5-6/h2-6H,7H2,1H3,(H2,17,19);4-8H,1-3H3;1-2,11H,(H2,10,12);2-4,9H,5H2,1H3;2-5H,1H3;3-5H,1-2H3/b;7-5+;;;;. The van der Waals surface area contributed by atoms with E-state index in [1.807, 2.05) is 90.4 Å². The van der Waals surface area contributed by atoms with Crippen molar-refractivity contribution in [1.82, 2.24) is 29.8 Å². The highest BCUT2D eigenvalue weighted by Crippen LogP contribution is 2.24. The van der Waals surface area contributed by atoms with Crippen LogP contribution in [0.5, 0.6) is 11.5 Å². The Labute approximate surface area is 404 Å². The van der Waals surface area contributed by atoms with Crippen LogP contribution >= 0.6 is 0 Å². The third kappa shape index (κ3) is 21.5. The van der Waals surface area contributed by atoms with Crippen molar-refractivity contribution in [2.45, 2.75) is 54.8 Å². The monoisotopic (exact) mass is 964 g/mol. The van der Waals surface area contributed by atoms with Crippen LogP contribution in [0.4, 0.5) is 17.6 Å². The number of carbonyl (C=O) groups is 3. The highest BCUT2D eigenvalue weighted by molar-refractivity contribution is 5.94. The number of hydrogen-bond acceptors (Lipinski definition) is 12. The number of aliphatic hydroxyl groups excluding tert-OH is 1. The number of aromatic nitrogens is 5. The smallest absolute Gasteiger partial charge is 0.254 e. The Hall–Kier alpha value is -8.38. The van der Waals surface area contributed by atoms with Crippen molar-refractivity contribution >= 4 is 24.2 Å². The van der Waals surface area contributed by atoms with Crippen molar-refractivity contribution in [3.05, 3.63) is 213 Å². The Morgan fingerprint density at radius 2 is 1.04 bits per heavy atom. The molecule has 0 saturated carbocycles. The number of aliphatic hydroxyl groups is 1. The first-order valence-electron chi connectivity index (χ1n) is 21.0. The number of nitrogens with two attached hydrogens (primary N) is 2. The molecular weight excluding hydrogens is 909 g/mol. The van der Waals surface area contributed by atoms with Gasteiger partial charge in [0.2, 0.25) is 0 Å². The summed E-state index contributed by atoms with van der Waals surface area (Å²) in [6, 6.07) is 22.3. The maximum atomic E-state index is 13.9. The van der Waals surface area contributed by atoms with Crippen molar-refractivity contribution in [3.63, 3.8) is 0 Å². The van der Waals surface area contributed by atoms with Gasteiger partial charge in [-0.05, 0) is 161 Å². The Morgan fingerprint density at radius 1 is 0.600 bits per heavy atom. The zero-order valence-corrected chi connectivity index (χ0v) is 40.0. The van der Waals surface area contributed by atoms with Gasteiger partial charge in [-0.15, -0.1) is 0 Å². The number of carbonyl (C=O) groups excluding carboxylic acids is 3. The summed E-state index contributed by atoms with van der Waals surface area (Å²) in [4.78, 5) is 53.6. The largest absolute Gasteiger partial charge is 0.505 e. The molecule has 0 radical (unpaired) electrons. The lowest BCUT2D eigenvalue weighted by molar-refractivity contribution is 0.0982. The van der Waals surface area contributed by atoms with E-state index in [2.05, 4.69) is 55.8 Å². The molecule has 0 fully saturated rings. The second-order valence-electron chi connectivity index (χ2n) is 15.1. The van der Waals surface area contributed by atoms with E-state index in [4.69, 9.17) is 20.7 Å². The van der Waals surface area contributed by atoms with Crippen LogP contribution in [-0.4, -0.2) is 72.2 Å². The second-order valence-corrected chi connectivity index (χ2v) is 15.1. The van der Waals surface area contributed by atoms with Gasteiger partial charge in [0.15, 0.2) is 23.1 Å². The Kier molecular flexibility index (Phi) is 24.8. The molecular formula is C52H56F4N8O6. The molecule has 0 unspecified atom stereocenters. The van der Waals surface area contributed by atoms with Gasteiger partial charge in [0.1, 0.15) is 35.7 Å². The molecule has 0 atom stereocenters. The molecule has 70 heavy (non-hydrogen) atoms. The predicted octanol–water partition coefficient (Wildman–Crippen LogP) is 8.82. The SMILES string of the molecule is Cc1cc(/C=C/N(C)C)ccn1.Cc1cc(C=O)ccn1.Cc1cc(CO)ccn1.Cc1cc(COc2ccc(F)c(C(N)=O)c2F)ccn1.Cc1ccnc(C)c1.NC(=O)c1c(F)ccc(O)c1F. The summed E-state index contributed by atoms with van der Waals surface area (Å²) in [7, 11) is 4.01. The number of pyridine rings is 5. The van der Waals surface area contributed by atoms with E-state index < -0.39 is 52.0 Å². The van der Waals surface area contributed by atoms with E-state index >= 15 is 0 Å². The van der Waals surface area contributed by atoms with E-state index in [0.29, 0.717) is 5.56 Å². The Morgan fingerprint density at radius 3 is 1.46 bits per heavy atom. The highest BCUT2D eigenvalue weighted by Gasteiger charge is 2.19. The zero-order valence-electron chi connectivity index (χ0n) is 40.0. The van der Waals surface area contributed by atoms with Crippen molar-refractivity contribution in [2.75, 3.05) is 14.1 Å². The van der Waals surface area contributed by atoms with Gasteiger partial charge in [-0.3, -0.25) is 39.3 Å². The van der Waals surface area contributed by atoms with Crippen LogP contribution in [0.3, 0.4) is 0 Å². The second kappa shape index (κ2) is 30.1. The van der Waals surface area contributed by atoms with Gasteiger partial charge in [0.05, 0.1) is 6.61 Å². The van der Waals surface area contributed by atoms with Gasteiger partial charge >= 0.3 is 0 Å². The number of aromatic hydroxyl groups is 1. The van der Waals surface area contributed by atoms with Crippen LogP contribution in [0.1, 0.15) is 81.8 Å². The maximum absolute atomic E-state index is 13.9. The molecule has 7 rings (SSSR count). The van der Waals surface area contributed by atoms with Gasteiger partial charge in [-0.2, -0.15) is 0 Å². The van der Waals surface area contributed by atoms with Gasteiger partial charge < -0.3 is 31.3 Å². The molecule has 18 heteroatoms. The summed E-state index contributed by atoms with van der Waals surface area (Å²) in [5.74, 6) is -7.98. The van der Waals surface area contributed by atoms with Crippen LogP contribution in [0.15, 0.2) is 122 Å². The molecule has 0 saturated heterocycles. The van der Waals surface area contributed by atoms with E-state index in [1.54, 1.807) is 48.9 Å². The number of aldehydes is 1. The molecule has 0 aliphatic heterocycles. The molecule has 5 heterocycles. The predicted molar refractivity (Wildman–Crippen MR) is 259 cm³/mol. The first kappa shape index (κ1) is 57.7. The van der Waals surface area contributed by atoms with Crippen molar-refractivity contribution in [1.29, 1.82) is 0 Å². The van der Waals surface area contributed by atoms with Gasteiger partial charge in [0, 0.05) is 79.1 Å². The lowest BCUT2D eigenvalue weighted by Crippen LogP contribution is -2.16. The van der Waals surface area contributed by atoms with E-state index in [1.165, 1.54) is 11.1 Å². The zero-order chi connectivity index (χ0) is 52.3. The van der Waals surface area contributed by atoms with Crippen molar-refractivity contribution in [2.24, 2.45) is 11.5 Å². The van der Waals surface area contributed by atoms with Gasteiger partial charge in [-0.1, -0.05) is 0 Å². The number of aryl methyl sites for hydroxylation is 6. The summed E-state index contributed by atoms with van der Waals surface area (Å²) in [5, 5.41) is 17.4. The van der Waals surface area contributed by atoms with Crippen LogP contribution in [0.2, 0.25) is 0 Å². The van der Waals surface area contributed by atoms with Crippen LogP contribution in [-0.2, 0) is 13.2 Å². The number of rotatable bonds is 9. The maximum Gasteiger partial charge on any atom is 0.254 e. The van der Waals surface area contributed by atoms with Crippen LogP contribution in [0, 0.1) is 64.8 Å². The Bertz CT molecular complexity index is 2810. The fourth-order valence-corrected chi connectivity index (χ4v) is 5.43. The number of amides is 2. The molecule has 0 bridgehead atoms. The molecule has 6 N–H and O–H groups in total. The molecule has 7 aromatic rings. The number of nitrogens with zero attached hydrogens (tertiary/aromatic N) is 6. The summed E-state index contributed by atoms with van der Waals surface area (Å²) >= 11 is 0. The molecule has 5 aromatic heterocycles. The van der Waals surface area contributed by atoms with Gasteiger partial charge in [-0.25, -0.2) is 17.6 Å². The lowest BCUT2D eigenvalue weighted by atomic mass is 10.1. The number of hydrogen-bond donors (Lipinski definition) is 4. The number of primary amides is 2. The molecule has 2 aromatic carbocycles. The van der Waals surface area contributed by atoms with Crippen LogP contribution < -0.4 is 16.2 Å². The minimum absolute atomic E-state index is 0.0735. The van der Waals surface area contributed by atoms with Crippen molar-refractivity contribution < 1.29 is 46.9 Å². The van der Waals surface area contributed by atoms with E-state index in [0.717, 1.165) is 70.1 Å². The van der Waals surface area contributed by atoms with Crippen molar-refractivity contribution in [3.8, 4) is 11.5 Å². The minimum Gasteiger partial charge on any atom is -0.505 e. The van der Waals surface area contributed by atoms with Gasteiger partial charge in [0.25, 0.3) is 11.8 Å². The molecule has 2 amide bonds. The molecule has 0 aliphatic rings.